The molecule has 8 heteroatoms. The Labute approximate surface area is 110 Å². The molecule has 2 rings (SSSR count). The van der Waals surface area contributed by atoms with Crippen molar-refractivity contribution in [3.05, 3.63) is 29.2 Å². The van der Waals surface area contributed by atoms with E-state index in [-0.39, 0.29) is 4.90 Å². The summed E-state index contributed by atoms with van der Waals surface area (Å²) in [6.45, 7) is 1.36. The van der Waals surface area contributed by atoms with Crippen molar-refractivity contribution in [2.45, 2.75) is 11.4 Å². The monoisotopic (exact) mass is 286 g/mol. The van der Waals surface area contributed by atoms with Crippen molar-refractivity contribution in [3.8, 4) is 0 Å². The van der Waals surface area contributed by atoms with Crippen LogP contribution in [-0.2, 0) is 16.6 Å². The minimum absolute atomic E-state index is 0.171. The van der Waals surface area contributed by atoms with E-state index in [4.69, 9.17) is 0 Å². The van der Waals surface area contributed by atoms with E-state index in [2.05, 4.69) is 15.1 Å². The second-order valence-corrected chi connectivity index (χ2v) is 6.12. The summed E-state index contributed by atoms with van der Waals surface area (Å²) < 4.78 is 28.1. The maximum absolute atomic E-state index is 12.0. The number of nitrogens with one attached hydrogen (secondary N) is 2. The summed E-state index contributed by atoms with van der Waals surface area (Å²) in [5, 5.41) is 10.5. The SMILES string of the molecule is CNCCn1cc(S(=O)(=O)Nc2ccsc2)cn1. The molecule has 2 aromatic heterocycles. The Kier molecular flexibility index (Phi) is 4.00. The maximum atomic E-state index is 12.0. The minimum atomic E-state index is -3.53. The van der Waals surface area contributed by atoms with Crippen molar-refractivity contribution in [2.24, 2.45) is 0 Å². The van der Waals surface area contributed by atoms with Gasteiger partial charge in [-0.2, -0.15) is 16.4 Å². The van der Waals surface area contributed by atoms with Crippen molar-refractivity contribution >= 4 is 27.0 Å². The van der Waals surface area contributed by atoms with Gasteiger partial charge >= 0.3 is 0 Å². The standard InChI is InChI=1S/C10H14N4O2S2/c1-11-3-4-14-7-10(6-12-14)18(15,16)13-9-2-5-17-8-9/h2,5-8,11,13H,3-4H2,1H3. The van der Waals surface area contributed by atoms with Crippen molar-refractivity contribution in [1.29, 1.82) is 0 Å². The lowest BCUT2D eigenvalue weighted by molar-refractivity contribution is 0.582. The van der Waals surface area contributed by atoms with E-state index in [0.717, 1.165) is 6.54 Å². The maximum Gasteiger partial charge on any atom is 0.265 e. The van der Waals surface area contributed by atoms with Gasteiger partial charge in [-0.05, 0) is 18.5 Å². The Morgan fingerprint density at radius 2 is 2.33 bits per heavy atom. The predicted octanol–water partition coefficient (Wildman–Crippen LogP) is 0.965. The van der Waals surface area contributed by atoms with E-state index in [1.54, 1.807) is 16.1 Å². The van der Waals surface area contributed by atoms with Gasteiger partial charge in [0.1, 0.15) is 4.90 Å². The van der Waals surface area contributed by atoms with Gasteiger partial charge in [0.05, 0.1) is 18.4 Å². The highest BCUT2D eigenvalue weighted by Crippen LogP contribution is 2.17. The van der Waals surface area contributed by atoms with Crippen LogP contribution in [0.3, 0.4) is 0 Å². The molecule has 0 saturated heterocycles. The van der Waals surface area contributed by atoms with Gasteiger partial charge in [0, 0.05) is 18.1 Å². The molecule has 0 spiro atoms. The molecule has 0 radical (unpaired) electrons. The zero-order valence-corrected chi connectivity index (χ0v) is 11.5. The van der Waals surface area contributed by atoms with Gasteiger partial charge in [0.25, 0.3) is 10.0 Å². The van der Waals surface area contributed by atoms with Gasteiger partial charge in [0.15, 0.2) is 0 Å². The van der Waals surface area contributed by atoms with Crippen LogP contribution in [0.4, 0.5) is 5.69 Å². The Morgan fingerprint density at radius 3 is 3.00 bits per heavy atom. The summed E-state index contributed by atoms with van der Waals surface area (Å²) in [4.78, 5) is 0.171. The summed E-state index contributed by atoms with van der Waals surface area (Å²) in [6, 6.07) is 1.72. The second-order valence-electron chi connectivity index (χ2n) is 3.66. The normalized spacial score (nSPS) is 11.6. The predicted molar refractivity (Wildman–Crippen MR) is 71.3 cm³/mol. The van der Waals surface area contributed by atoms with E-state index in [0.29, 0.717) is 12.2 Å². The molecule has 0 aliphatic carbocycles. The first kappa shape index (κ1) is 13.1. The molecule has 2 N–H and O–H groups in total. The van der Waals surface area contributed by atoms with Crippen LogP contribution in [0, 0.1) is 0 Å². The number of hydrogen-bond donors (Lipinski definition) is 2. The highest BCUT2D eigenvalue weighted by atomic mass is 32.2. The van der Waals surface area contributed by atoms with Crippen LogP contribution in [0.25, 0.3) is 0 Å². The third kappa shape index (κ3) is 3.09. The van der Waals surface area contributed by atoms with Crippen LogP contribution in [0.15, 0.2) is 34.1 Å². The van der Waals surface area contributed by atoms with Crippen molar-refractivity contribution < 1.29 is 8.42 Å². The molecule has 0 unspecified atom stereocenters. The molecule has 0 aliphatic heterocycles. The van der Waals surface area contributed by atoms with Crippen molar-refractivity contribution in [2.75, 3.05) is 18.3 Å². The molecule has 98 valence electrons. The molecule has 6 nitrogen and oxygen atoms in total. The fraction of sp³-hybridized carbons (Fsp3) is 0.300. The number of likely N-dealkylation sites (N-methyl/N-ethyl adjacent to an activating group) is 1. The summed E-state index contributed by atoms with van der Waals surface area (Å²) in [6.07, 6.45) is 2.87. The average Bonchev–Trinajstić information content (AvgIpc) is 2.96. The second kappa shape index (κ2) is 5.51. The lowest BCUT2D eigenvalue weighted by Crippen LogP contribution is -2.15. The summed E-state index contributed by atoms with van der Waals surface area (Å²) >= 11 is 1.44. The van der Waals surface area contributed by atoms with E-state index < -0.39 is 10.0 Å². The van der Waals surface area contributed by atoms with Crippen molar-refractivity contribution in [1.82, 2.24) is 15.1 Å². The van der Waals surface area contributed by atoms with Gasteiger partial charge in [-0.3, -0.25) is 9.40 Å². The Hall–Kier alpha value is -1.38. The molecular formula is C10H14N4O2S2. The van der Waals surface area contributed by atoms with E-state index in [1.165, 1.54) is 23.7 Å². The van der Waals surface area contributed by atoms with Gasteiger partial charge in [-0.1, -0.05) is 0 Å². The Balaban J connectivity index is 2.12. The molecule has 0 aromatic carbocycles. The number of anilines is 1. The molecule has 18 heavy (non-hydrogen) atoms. The molecule has 2 heterocycles. The molecule has 0 aliphatic rings. The summed E-state index contributed by atoms with van der Waals surface area (Å²) in [5.41, 5.74) is 0.572. The fourth-order valence-electron chi connectivity index (χ4n) is 1.37. The zero-order valence-electron chi connectivity index (χ0n) is 9.83. The zero-order chi connectivity index (χ0) is 13.0. The van der Waals surface area contributed by atoms with Crippen LogP contribution in [0.5, 0.6) is 0 Å². The van der Waals surface area contributed by atoms with Crippen LogP contribution in [0.2, 0.25) is 0 Å². The number of sulfonamides is 1. The average molecular weight is 286 g/mol. The third-order valence-corrected chi connectivity index (χ3v) is 4.30. The molecule has 0 amide bonds. The van der Waals surface area contributed by atoms with Crippen LogP contribution >= 0.6 is 11.3 Å². The molecular weight excluding hydrogens is 272 g/mol. The summed E-state index contributed by atoms with van der Waals surface area (Å²) in [7, 11) is -1.70. The lowest BCUT2D eigenvalue weighted by Gasteiger charge is -2.03. The number of aromatic nitrogens is 2. The van der Waals surface area contributed by atoms with Crippen molar-refractivity contribution in [3.63, 3.8) is 0 Å². The van der Waals surface area contributed by atoms with E-state index in [9.17, 15) is 8.42 Å². The molecule has 2 aromatic rings. The quantitative estimate of drug-likeness (QED) is 0.829. The van der Waals surface area contributed by atoms with Gasteiger partial charge in [-0.15, -0.1) is 0 Å². The number of hydrogen-bond acceptors (Lipinski definition) is 5. The number of nitrogens with zero attached hydrogens (tertiary/aromatic N) is 2. The van der Waals surface area contributed by atoms with Crippen LogP contribution < -0.4 is 10.0 Å². The number of thiophene rings is 1. The number of rotatable bonds is 6. The highest BCUT2D eigenvalue weighted by molar-refractivity contribution is 7.92. The largest absolute Gasteiger partial charge is 0.318 e. The Morgan fingerprint density at radius 1 is 1.50 bits per heavy atom. The molecule has 0 saturated carbocycles. The smallest absolute Gasteiger partial charge is 0.265 e. The van der Waals surface area contributed by atoms with Gasteiger partial charge in [0.2, 0.25) is 0 Å². The van der Waals surface area contributed by atoms with Crippen LogP contribution in [-0.4, -0.2) is 31.8 Å². The first-order chi connectivity index (χ1) is 8.62. The fourth-order valence-corrected chi connectivity index (χ4v) is 3.03. The molecule has 0 bridgehead atoms. The highest BCUT2D eigenvalue weighted by Gasteiger charge is 2.16. The molecule has 0 fully saturated rings. The van der Waals surface area contributed by atoms with Crippen LogP contribution in [0.1, 0.15) is 0 Å². The first-order valence-corrected chi connectivity index (χ1v) is 7.76. The Bertz CT molecular complexity index is 589. The molecule has 0 atom stereocenters. The van der Waals surface area contributed by atoms with Gasteiger partial charge in [-0.25, -0.2) is 8.42 Å². The van der Waals surface area contributed by atoms with E-state index >= 15 is 0 Å². The third-order valence-electron chi connectivity index (χ3n) is 2.28. The minimum Gasteiger partial charge on any atom is -0.318 e. The topological polar surface area (TPSA) is 76.0 Å². The first-order valence-electron chi connectivity index (χ1n) is 5.34. The van der Waals surface area contributed by atoms with Gasteiger partial charge < -0.3 is 5.32 Å². The summed E-state index contributed by atoms with van der Waals surface area (Å²) in [5.74, 6) is 0. The van der Waals surface area contributed by atoms with E-state index in [1.807, 2.05) is 12.4 Å². The lowest BCUT2D eigenvalue weighted by atomic mass is 10.6.